The lowest BCUT2D eigenvalue weighted by Crippen LogP contribution is -2.35. The van der Waals surface area contributed by atoms with Gasteiger partial charge in [-0.3, -0.25) is 0 Å². The van der Waals surface area contributed by atoms with Gasteiger partial charge in [0.25, 0.3) is 0 Å². The number of rotatable bonds is 5. The van der Waals surface area contributed by atoms with E-state index < -0.39 is 6.10 Å². The Labute approximate surface area is 95.2 Å². The molecule has 1 aliphatic carbocycles. The van der Waals surface area contributed by atoms with Crippen molar-refractivity contribution in [2.45, 2.75) is 57.7 Å². The van der Waals surface area contributed by atoms with Crippen LogP contribution in [0, 0.1) is 0 Å². The van der Waals surface area contributed by atoms with Gasteiger partial charge in [-0.2, -0.15) is 4.98 Å². The second kappa shape index (κ2) is 4.14. The predicted molar refractivity (Wildman–Crippen MR) is 58.9 cm³/mol. The van der Waals surface area contributed by atoms with E-state index in [1.54, 1.807) is 6.92 Å². The summed E-state index contributed by atoms with van der Waals surface area (Å²) in [5.74, 6) is 1.25. The monoisotopic (exact) mass is 225 g/mol. The van der Waals surface area contributed by atoms with E-state index >= 15 is 0 Å². The maximum absolute atomic E-state index is 9.24. The van der Waals surface area contributed by atoms with E-state index in [2.05, 4.69) is 29.3 Å². The zero-order valence-corrected chi connectivity index (χ0v) is 10.0. The Morgan fingerprint density at radius 2 is 2.12 bits per heavy atom. The molecule has 5 heteroatoms. The molecular weight excluding hydrogens is 206 g/mol. The van der Waals surface area contributed by atoms with Gasteiger partial charge < -0.3 is 14.9 Å². The lowest BCUT2D eigenvalue weighted by molar-refractivity contribution is 0.191. The molecule has 1 atom stereocenters. The van der Waals surface area contributed by atoms with E-state index in [0.29, 0.717) is 24.2 Å². The summed E-state index contributed by atoms with van der Waals surface area (Å²) in [4.78, 5) is 4.34. The highest BCUT2D eigenvalue weighted by Gasteiger charge is 2.49. The Morgan fingerprint density at radius 3 is 2.62 bits per heavy atom. The molecule has 1 heterocycles. The molecule has 1 saturated carbocycles. The van der Waals surface area contributed by atoms with Gasteiger partial charge in [0, 0.05) is 12.5 Å². The maximum Gasteiger partial charge on any atom is 0.246 e. The van der Waals surface area contributed by atoms with Crippen molar-refractivity contribution in [2.24, 2.45) is 0 Å². The van der Waals surface area contributed by atoms with Gasteiger partial charge in [0.15, 0.2) is 5.82 Å². The molecule has 1 aromatic heterocycles. The topological polar surface area (TPSA) is 71.2 Å². The first-order valence-electron chi connectivity index (χ1n) is 5.81. The predicted octanol–water partition coefficient (Wildman–Crippen LogP) is 0.980. The molecule has 0 radical (unpaired) electrons. The van der Waals surface area contributed by atoms with Crippen LogP contribution in [-0.2, 0) is 12.0 Å². The van der Waals surface area contributed by atoms with Gasteiger partial charge in [0.2, 0.25) is 5.89 Å². The fraction of sp³-hybridized carbons (Fsp3) is 0.818. The fourth-order valence-corrected chi connectivity index (χ4v) is 1.89. The van der Waals surface area contributed by atoms with Crippen molar-refractivity contribution in [3.05, 3.63) is 11.7 Å². The van der Waals surface area contributed by atoms with Crippen molar-refractivity contribution < 1.29 is 9.63 Å². The number of hydrogen-bond donors (Lipinski definition) is 2. The average Bonchev–Trinajstić information content (AvgIpc) is 2.75. The Balaban J connectivity index is 2.07. The van der Waals surface area contributed by atoms with E-state index in [1.807, 2.05) is 0 Å². The summed E-state index contributed by atoms with van der Waals surface area (Å²) >= 11 is 0. The molecule has 0 bridgehead atoms. The van der Waals surface area contributed by atoms with Crippen molar-refractivity contribution in [3.8, 4) is 0 Å². The first-order chi connectivity index (χ1) is 7.52. The summed E-state index contributed by atoms with van der Waals surface area (Å²) in [6, 6.07) is 0.398. The Bertz CT molecular complexity index is 356. The Morgan fingerprint density at radius 1 is 1.44 bits per heavy atom. The SMILES string of the molecule is CC(O)Cc1noc(C2(NC(C)C)CC2)n1. The fourth-order valence-electron chi connectivity index (χ4n) is 1.89. The lowest BCUT2D eigenvalue weighted by atomic mass is 10.2. The molecule has 0 amide bonds. The molecule has 1 aromatic rings. The van der Waals surface area contributed by atoms with E-state index in [1.165, 1.54) is 0 Å². The van der Waals surface area contributed by atoms with E-state index in [-0.39, 0.29) is 5.54 Å². The number of nitrogens with one attached hydrogen (secondary N) is 1. The first-order valence-corrected chi connectivity index (χ1v) is 5.81. The zero-order chi connectivity index (χ0) is 11.8. The van der Waals surface area contributed by atoms with Gasteiger partial charge in [-0.1, -0.05) is 5.16 Å². The number of nitrogens with zero attached hydrogens (tertiary/aromatic N) is 2. The number of aromatic nitrogens is 2. The zero-order valence-electron chi connectivity index (χ0n) is 10.0. The molecule has 1 unspecified atom stereocenters. The smallest absolute Gasteiger partial charge is 0.246 e. The lowest BCUT2D eigenvalue weighted by Gasteiger charge is -2.15. The molecule has 1 aliphatic rings. The van der Waals surface area contributed by atoms with Crippen LogP contribution < -0.4 is 5.32 Å². The minimum absolute atomic E-state index is 0.0991. The molecule has 2 N–H and O–H groups in total. The number of hydrogen-bond acceptors (Lipinski definition) is 5. The summed E-state index contributed by atoms with van der Waals surface area (Å²) in [6.07, 6.45) is 2.10. The van der Waals surface area contributed by atoms with Crippen molar-refractivity contribution >= 4 is 0 Å². The van der Waals surface area contributed by atoms with Crippen LogP contribution in [0.25, 0.3) is 0 Å². The van der Waals surface area contributed by atoms with Crippen molar-refractivity contribution in [3.63, 3.8) is 0 Å². The van der Waals surface area contributed by atoms with Crippen molar-refractivity contribution in [2.75, 3.05) is 0 Å². The van der Waals surface area contributed by atoms with Crippen LogP contribution in [0.3, 0.4) is 0 Å². The molecule has 0 aliphatic heterocycles. The van der Waals surface area contributed by atoms with E-state index in [9.17, 15) is 5.11 Å². The third kappa shape index (κ3) is 2.41. The third-order valence-electron chi connectivity index (χ3n) is 2.67. The van der Waals surface area contributed by atoms with E-state index in [4.69, 9.17) is 4.52 Å². The number of aliphatic hydroxyl groups is 1. The minimum Gasteiger partial charge on any atom is -0.393 e. The summed E-state index contributed by atoms with van der Waals surface area (Å²) in [6.45, 7) is 5.93. The van der Waals surface area contributed by atoms with Crippen LogP contribution in [0.1, 0.15) is 45.3 Å². The highest BCUT2D eigenvalue weighted by atomic mass is 16.5. The minimum atomic E-state index is -0.432. The standard InChI is InChI=1S/C11H19N3O2/c1-7(2)13-11(4-5-11)10-12-9(14-16-10)6-8(3)15/h7-8,13,15H,4-6H2,1-3H3. The van der Waals surface area contributed by atoms with Crippen molar-refractivity contribution in [1.82, 2.24) is 15.5 Å². The van der Waals surface area contributed by atoms with Gasteiger partial charge in [0.05, 0.1) is 11.6 Å². The Kier molecular flexibility index (Phi) is 2.99. The molecule has 1 fully saturated rings. The maximum atomic E-state index is 9.24. The molecule has 0 spiro atoms. The summed E-state index contributed by atoms with van der Waals surface area (Å²) in [5, 5.41) is 16.6. The second-order valence-electron chi connectivity index (χ2n) is 4.95. The third-order valence-corrected chi connectivity index (χ3v) is 2.67. The largest absolute Gasteiger partial charge is 0.393 e. The first kappa shape index (κ1) is 11.5. The van der Waals surface area contributed by atoms with Gasteiger partial charge in [0.1, 0.15) is 0 Å². The molecule has 0 aromatic carbocycles. The van der Waals surface area contributed by atoms with Crippen LogP contribution in [0.5, 0.6) is 0 Å². The van der Waals surface area contributed by atoms with Gasteiger partial charge >= 0.3 is 0 Å². The normalized spacial score (nSPS) is 20.1. The number of aliphatic hydroxyl groups excluding tert-OH is 1. The molecular formula is C11H19N3O2. The summed E-state index contributed by atoms with van der Waals surface area (Å²) < 4.78 is 5.26. The second-order valence-corrected chi connectivity index (χ2v) is 4.95. The summed E-state index contributed by atoms with van der Waals surface area (Å²) in [7, 11) is 0. The highest BCUT2D eigenvalue weighted by molar-refractivity contribution is 5.14. The van der Waals surface area contributed by atoms with Crippen LogP contribution >= 0.6 is 0 Å². The van der Waals surface area contributed by atoms with Gasteiger partial charge in [-0.15, -0.1) is 0 Å². The van der Waals surface area contributed by atoms with Crippen LogP contribution in [0.15, 0.2) is 4.52 Å². The van der Waals surface area contributed by atoms with Crippen LogP contribution in [0.4, 0.5) is 0 Å². The molecule has 5 nitrogen and oxygen atoms in total. The van der Waals surface area contributed by atoms with Crippen molar-refractivity contribution in [1.29, 1.82) is 0 Å². The molecule has 0 saturated heterocycles. The Hall–Kier alpha value is -0.940. The summed E-state index contributed by atoms with van der Waals surface area (Å²) in [5.41, 5.74) is -0.0991. The molecule has 16 heavy (non-hydrogen) atoms. The van der Waals surface area contributed by atoms with Gasteiger partial charge in [-0.05, 0) is 33.6 Å². The highest BCUT2D eigenvalue weighted by Crippen LogP contribution is 2.44. The molecule has 2 rings (SSSR count). The van der Waals surface area contributed by atoms with E-state index in [0.717, 1.165) is 12.8 Å². The quantitative estimate of drug-likeness (QED) is 0.781. The van der Waals surface area contributed by atoms with Gasteiger partial charge in [-0.25, -0.2) is 0 Å². The van der Waals surface area contributed by atoms with Crippen LogP contribution in [-0.4, -0.2) is 27.4 Å². The molecule has 90 valence electrons. The average molecular weight is 225 g/mol. The van der Waals surface area contributed by atoms with Crippen LogP contribution in [0.2, 0.25) is 0 Å².